The zero-order chi connectivity index (χ0) is 15.7. The molecule has 2 aromatic rings. The molecule has 22 heavy (non-hydrogen) atoms. The van der Waals surface area contributed by atoms with Crippen LogP contribution in [0.1, 0.15) is 11.5 Å². The molecule has 0 saturated heterocycles. The lowest BCUT2D eigenvalue weighted by Gasteiger charge is -2.21. The smallest absolute Gasteiger partial charge is 0.409 e. The van der Waals surface area contributed by atoms with E-state index < -0.39 is 7.05 Å². The summed E-state index contributed by atoms with van der Waals surface area (Å²) in [5, 5.41) is 12.2. The van der Waals surface area contributed by atoms with Crippen molar-refractivity contribution in [2.75, 3.05) is 31.1 Å². The average Bonchev–Trinajstić information content (AvgIpc) is 2.90. The average molecular weight is 320 g/mol. The Labute approximate surface area is 135 Å². The van der Waals surface area contributed by atoms with Gasteiger partial charge in [0.05, 0.1) is 0 Å². The van der Waals surface area contributed by atoms with E-state index in [0.29, 0.717) is 12.4 Å². The Kier molecular flexibility index (Phi) is 4.48. The van der Waals surface area contributed by atoms with Gasteiger partial charge in [-0.25, -0.2) is 0 Å². The largest absolute Gasteiger partial charge is 0.467 e. The molecule has 0 spiro atoms. The summed E-state index contributed by atoms with van der Waals surface area (Å²) in [4.78, 5) is 1.97. The highest BCUT2D eigenvalue weighted by Crippen LogP contribution is 2.47. The molecule has 6 heteroatoms. The fraction of sp³-hybridized carbons (Fsp3) is 0.375. The molecule has 1 aliphatic heterocycles. The van der Waals surface area contributed by atoms with E-state index in [1.807, 2.05) is 29.1 Å². The Hall–Kier alpha value is -1.43. The summed E-state index contributed by atoms with van der Waals surface area (Å²) >= 11 is 6.17. The number of alkyl halides is 1. The summed E-state index contributed by atoms with van der Waals surface area (Å²) in [5.74, 6) is 1.42. The van der Waals surface area contributed by atoms with Gasteiger partial charge in [-0.3, -0.25) is 0 Å². The lowest BCUT2D eigenvalue weighted by Crippen LogP contribution is -2.36. The number of ether oxygens (including phenoxy) is 2. The van der Waals surface area contributed by atoms with Gasteiger partial charge >= 0.3 is 7.05 Å². The van der Waals surface area contributed by atoms with E-state index in [1.165, 1.54) is 0 Å². The lowest BCUT2D eigenvalue weighted by molar-refractivity contribution is 0.0515. The second-order valence-electron chi connectivity index (χ2n) is 5.55. The van der Waals surface area contributed by atoms with Gasteiger partial charge in [-0.05, 0) is 18.3 Å². The van der Waals surface area contributed by atoms with Crippen molar-refractivity contribution in [3.05, 3.63) is 35.9 Å². The van der Waals surface area contributed by atoms with E-state index in [9.17, 15) is 5.02 Å². The third kappa shape index (κ3) is 2.53. The first-order chi connectivity index (χ1) is 10.7. The van der Waals surface area contributed by atoms with Gasteiger partial charge in [-0.2, -0.15) is 0 Å². The fourth-order valence-corrected chi connectivity index (χ4v) is 3.38. The van der Waals surface area contributed by atoms with Gasteiger partial charge in [0.25, 0.3) is 0 Å². The molecule has 1 atom stereocenters. The number of fused-ring (bicyclic) bond motifs is 2. The van der Waals surface area contributed by atoms with Crippen LogP contribution in [0.2, 0.25) is 6.82 Å². The molecule has 1 aliphatic rings. The molecule has 0 unspecified atom stereocenters. The first kappa shape index (κ1) is 15.5. The SMILES string of the molecule is COCOc1c2c(cc3ccccc13)N(B(C)O)C[C@H]2CCl. The zero-order valence-electron chi connectivity index (χ0n) is 12.8. The molecule has 0 fully saturated rings. The van der Waals surface area contributed by atoms with Crippen LogP contribution in [0.4, 0.5) is 5.69 Å². The quantitative estimate of drug-likeness (QED) is 0.522. The molecule has 1 N–H and O–H groups in total. The van der Waals surface area contributed by atoms with E-state index in [2.05, 4.69) is 6.07 Å². The molecule has 116 valence electrons. The molecule has 0 amide bonds. The number of nitrogens with zero attached hydrogens (tertiary/aromatic N) is 1. The zero-order valence-corrected chi connectivity index (χ0v) is 13.5. The second kappa shape index (κ2) is 6.36. The third-order valence-electron chi connectivity index (χ3n) is 4.11. The number of halogens is 1. The van der Waals surface area contributed by atoms with Gasteiger partial charge in [-0.15, -0.1) is 11.6 Å². The third-order valence-corrected chi connectivity index (χ3v) is 4.48. The molecule has 0 aliphatic carbocycles. The van der Waals surface area contributed by atoms with E-state index in [-0.39, 0.29) is 12.7 Å². The van der Waals surface area contributed by atoms with Crippen LogP contribution < -0.4 is 9.55 Å². The summed E-state index contributed by atoms with van der Waals surface area (Å²) in [6.45, 7) is 2.64. The predicted octanol–water partition coefficient (Wildman–Crippen LogP) is 3.08. The molecule has 0 aromatic heterocycles. The van der Waals surface area contributed by atoms with Crippen LogP contribution in [0, 0.1) is 0 Å². The van der Waals surface area contributed by atoms with Crippen LogP contribution >= 0.6 is 11.6 Å². The van der Waals surface area contributed by atoms with Crippen LogP contribution in [0.25, 0.3) is 10.8 Å². The minimum atomic E-state index is -0.566. The van der Waals surface area contributed by atoms with E-state index >= 15 is 0 Å². The molecule has 1 heterocycles. The van der Waals surface area contributed by atoms with Crippen molar-refractivity contribution in [2.45, 2.75) is 12.7 Å². The molecule has 3 rings (SSSR count). The summed E-state index contributed by atoms with van der Waals surface area (Å²) in [5.41, 5.74) is 2.05. The summed E-state index contributed by atoms with van der Waals surface area (Å²) in [6, 6.07) is 10.2. The van der Waals surface area contributed by atoms with Crippen LogP contribution in [0.5, 0.6) is 5.75 Å². The van der Waals surface area contributed by atoms with Crippen LogP contribution in [-0.4, -0.2) is 38.4 Å². The van der Waals surface area contributed by atoms with Gasteiger partial charge in [0.1, 0.15) is 5.75 Å². The molecule has 0 radical (unpaired) electrons. The van der Waals surface area contributed by atoms with E-state index in [4.69, 9.17) is 21.1 Å². The van der Waals surface area contributed by atoms with Gasteiger partial charge in [0.15, 0.2) is 6.79 Å². The van der Waals surface area contributed by atoms with Crippen molar-refractivity contribution in [2.24, 2.45) is 0 Å². The van der Waals surface area contributed by atoms with Crippen LogP contribution in [-0.2, 0) is 4.74 Å². The topological polar surface area (TPSA) is 41.9 Å². The minimum absolute atomic E-state index is 0.128. The molecule has 0 saturated carbocycles. The number of rotatable bonds is 5. The van der Waals surface area contributed by atoms with Gasteiger partial charge in [0.2, 0.25) is 0 Å². The molecule has 2 aromatic carbocycles. The standard InChI is InChI=1S/C16H19BClNO3/c1-17(20)19-9-12(8-18)15-14(19)7-11-5-3-4-6-13(11)16(15)22-10-21-2/h3-7,12,20H,8-10H2,1-2H3/t12-/m1/s1. The Bertz CT molecular complexity index is 680. The maximum atomic E-state index is 10.1. The molecular formula is C16H19BClNO3. The van der Waals surface area contributed by atoms with E-state index in [0.717, 1.165) is 27.8 Å². The lowest BCUT2D eigenvalue weighted by atomic mass is 9.85. The number of methoxy groups -OCH3 is 1. The minimum Gasteiger partial charge on any atom is -0.467 e. The molecular weight excluding hydrogens is 300 g/mol. The molecule has 4 nitrogen and oxygen atoms in total. The highest BCUT2D eigenvalue weighted by Gasteiger charge is 2.35. The maximum absolute atomic E-state index is 10.1. The van der Waals surface area contributed by atoms with Crippen LogP contribution in [0.15, 0.2) is 30.3 Å². The van der Waals surface area contributed by atoms with Gasteiger partial charge < -0.3 is 19.3 Å². The first-order valence-corrected chi connectivity index (χ1v) is 7.88. The summed E-state index contributed by atoms with van der Waals surface area (Å²) < 4.78 is 11.0. The van der Waals surface area contributed by atoms with Gasteiger partial charge in [-0.1, -0.05) is 24.3 Å². The van der Waals surface area contributed by atoms with Crippen molar-refractivity contribution in [1.82, 2.24) is 0 Å². The number of hydrogen-bond acceptors (Lipinski definition) is 4. The highest BCUT2D eigenvalue weighted by molar-refractivity contribution is 6.54. The summed E-state index contributed by atoms with van der Waals surface area (Å²) in [7, 11) is 1.04. The van der Waals surface area contributed by atoms with Crippen molar-refractivity contribution < 1.29 is 14.5 Å². The Balaban J connectivity index is 2.23. The maximum Gasteiger partial charge on any atom is 0.409 e. The monoisotopic (exact) mass is 319 g/mol. The Morgan fingerprint density at radius 2 is 2.18 bits per heavy atom. The predicted molar refractivity (Wildman–Crippen MR) is 91.1 cm³/mol. The van der Waals surface area contributed by atoms with Crippen molar-refractivity contribution in [3.63, 3.8) is 0 Å². The van der Waals surface area contributed by atoms with Crippen molar-refractivity contribution in [3.8, 4) is 5.75 Å². The Morgan fingerprint density at radius 3 is 2.86 bits per heavy atom. The molecule has 0 bridgehead atoms. The number of anilines is 1. The van der Waals surface area contributed by atoms with E-state index in [1.54, 1.807) is 13.9 Å². The number of benzene rings is 2. The number of hydrogen-bond donors (Lipinski definition) is 1. The summed E-state index contributed by atoms with van der Waals surface area (Å²) in [6.07, 6.45) is 0. The fourth-order valence-electron chi connectivity index (χ4n) is 3.13. The van der Waals surface area contributed by atoms with Crippen molar-refractivity contribution >= 4 is 35.1 Å². The van der Waals surface area contributed by atoms with Crippen molar-refractivity contribution in [1.29, 1.82) is 0 Å². The normalized spacial score (nSPS) is 16.9. The highest BCUT2D eigenvalue weighted by atomic mass is 35.5. The van der Waals surface area contributed by atoms with Crippen LogP contribution in [0.3, 0.4) is 0 Å². The second-order valence-corrected chi connectivity index (χ2v) is 5.85. The van der Waals surface area contributed by atoms with Gasteiger partial charge in [0, 0.05) is 42.1 Å². The first-order valence-electron chi connectivity index (χ1n) is 7.35. The Morgan fingerprint density at radius 1 is 1.41 bits per heavy atom.